The Bertz CT molecular complexity index is 915. The van der Waals surface area contributed by atoms with Crippen molar-refractivity contribution in [3.63, 3.8) is 0 Å². The number of anilines is 1. The second-order valence-electron chi connectivity index (χ2n) is 6.56. The van der Waals surface area contributed by atoms with Gasteiger partial charge in [0.15, 0.2) is 5.78 Å². The number of aromatic nitrogens is 3. The molecule has 2 aromatic heterocycles. The van der Waals surface area contributed by atoms with Crippen molar-refractivity contribution >= 4 is 22.6 Å². The van der Waals surface area contributed by atoms with Gasteiger partial charge in [-0.05, 0) is 49.8 Å². The summed E-state index contributed by atoms with van der Waals surface area (Å²) in [6.45, 7) is 1.62. The molecule has 2 atom stereocenters. The normalized spacial score (nSPS) is 20.5. The number of nitrogens with two attached hydrogens (primary N) is 1. The molecule has 1 aromatic carbocycles. The van der Waals surface area contributed by atoms with E-state index < -0.39 is 0 Å². The van der Waals surface area contributed by atoms with E-state index >= 15 is 0 Å². The van der Waals surface area contributed by atoms with Gasteiger partial charge >= 0.3 is 0 Å². The summed E-state index contributed by atoms with van der Waals surface area (Å²) in [6, 6.07) is 10.4. The van der Waals surface area contributed by atoms with Gasteiger partial charge in [-0.15, -0.1) is 0 Å². The van der Waals surface area contributed by atoms with Crippen LogP contribution < -0.4 is 5.73 Å². The van der Waals surface area contributed by atoms with Crippen LogP contribution in [0, 0.1) is 0 Å². The Balaban J connectivity index is 1.61. The predicted octanol–water partition coefficient (Wildman–Crippen LogP) is 3.72. The number of hydrogen-bond donors (Lipinski definition) is 1. The molecule has 0 amide bonds. The van der Waals surface area contributed by atoms with Gasteiger partial charge in [-0.2, -0.15) is 0 Å². The fourth-order valence-electron chi connectivity index (χ4n) is 3.81. The molecule has 122 valence electrons. The molecule has 2 heterocycles. The van der Waals surface area contributed by atoms with E-state index in [0.29, 0.717) is 17.8 Å². The Hall–Kier alpha value is -2.69. The van der Waals surface area contributed by atoms with Crippen LogP contribution in [0.15, 0.2) is 42.9 Å². The minimum atomic E-state index is 0.120. The van der Waals surface area contributed by atoms with Crippen LogP contribution in [0.5, 0.6) is 0 Å². The molecule has 0 saturated heterocycles. The summed E-state index contributed by atoms with van der Waals surface area (Å²) < 4.78 is 2.22. The lowest BCUT2D eigenvalue weighted by Gasteiger charge is -2.15. The molecule has 1 saturated carbocycles. The molecule has 5 nitrogen and oxygen atoms in total. The van der Waals surface area contributed by atoms with E-state index in [1.807, 2.05) is 24.3 Å². The Labute approximate surface area is 140 Å². The summed E-state index contributed by atoms with van der Waals surface area (Å²) in [5.41, 5.74) is 8.90. The van der Waals surface area contributed by atoms with Crippen molar-refractivity contribution in [1.29, 1.82) is 0 Å². The van der Waals surface area contributed by atoms with Crippen molar-refractivity contribution in [3.8, 4) is 0 Å². The number of fused-ring (bicyclic) bond motifs is 1. The standard InChI is InChI=1S/C19H20N4O/c1-12(24)13-3-2-4-14(9-13)15-5-6-16(10-15)23-8-7-17-18(20)21-11-22-19(17)23/h2-4,7-9,11,15-16H,5-6,10H2,1H3,(H2,20,21,22). The highest BCUT2D eigenvalue weighted by molar-refractivity contribution is 5.94. The highest BCUT2D eigenvalue weighted by atomic mass is 16.1. The van der Waals surface area contributed by atoms with Crippen molar-refractivity contribution < 1.29 is 4.79 Å². The van der Waals surface area contributed by atoms with Crippen LogP contribution in [0.4, 0.5) is 5.82 Å². The van der Waals surface area contributed by atoms with E-state index in [-0.39, 0.29) is 5.78 Å². The maximum atomic E-state index is 11.6. The third-order valence-corrected chi connectivity index (χ3v) is 5.10. The molecule has 1 fully saturated rings. The van der Waals surface area contributed by atoms with Gasteiger partial charge in [-0.1, -0.05) is 18.2 Å². The van der Waals surface area contributed by atoms with Crippen LogP contribution in [-0.4, -0.2) is 20.3 Å². The minimum absolute atomic E-state index is 0.120. The minimum Gasteiger partial charge on any atom is -0.383 e. The SMILES string of the molecule is CC(=O)c1cccc(C2CCC(n3ccc4c(N)ncnc43)C2)c1. The fraction of sp³-hybridized carbons (Fsp3) is 0.316. The summed E-state index contributed by atoms with van der Waals surface area (Å²) in [4.78, 5) is 20.1. The second kappa shape index (κ2) is 5.74. The summed E-state index contributed by atoms with van der Waals surface area (Å²) in [7, 11) is 0. The van der Waals surface area contributed by atoms with Crippen LogP contribution in [0.1, 0.15) is 54.1 Å². The number of Topliss-reactive ketones (excluding diaryl/α,β-unsaturated/α-hetero) is 1. The van der Waals surface area contributed by atoms with Crippen LogP contribution in [-0.2, 0) is 0 Å². The molecule has 1 aliphatic carbocycles. The predicted molar refractivity (Wildman–Crippen MR) is 94.0 cm³/mol. The Morgan fingerprint density at radius 1 is 1.25 bits per heavy atom. The van der Waals surface area contributed by atoms with Crippen LogP contribution >= 0.6 is 0 Å². The number of ketones is 1. The first kappa shape index (κ1) is 14.9. The van der Waals surface area contributed by atoms with Crippen LogP contribution in [0.25, 0.3) is 11.0 Å². The number of nitrogens with zero attached hydrogens (tertiary/aromatic N) is 3. The lowest BCUT2D eigenvalue weighted by Crippen LogP contribution is -2.06. The first-order chi connectivity index (χ1) is 11.6. The first-order valence-electron chi connectivity index (χ1n) is 8.31. The van der Waals surface area contributed by atoms with Gasteiger partial charge in [0.25, 0.3) is 0 Å². The van der Waals surface area contributed by atoms with Crippen molar-refractivity contribution in [2.45, 2.75) is 38.1 Å². The molecule has 24 heavy (non-hydrogen) atoms. The number of carbonyl (C=O) groups is 1. The molecule has 3 aromatic rings. The maximum absolute atomic E-state index is 11.6. The average Bonchev–Trinajstić information content (AvgIpc) is 3.22. The van der Waals surface area contributed by atoms with E-state index in [0.717, 1.165) is 35.9 Å². The smallest absolute Gasteiger partial charge is 0.159 e. The summed E-state index contributed by atoms with van der Waals surface area (Å²) >= 11 is 0. The highest BCUT2D eigenvalue weighted by Crippen LogP contribution is 2.42. The highest BCUT2D eigenvalue weighted by Gasteiger charge is 2.28. The zero-order valence-corrected chi connectivity index (χ0v) is 13.6. The van der Waals surface area contributed by atoms with Crippen molar-refractivity contribution in [1.82, 2.24) is 14.5 Å². The van der Waals surface area contributed by atoms with E-state index in [1.54, 1.807) is 6.92 Å². The van der Waals surface area contributed by atoms with Gasteiger partial charge in [-0.3, -0.25) is 4.79 Å². The largest absolute Gasteiger partial charge is 0.383 e. The molecule has 1 aliphatic rings. The number of rotatable bonds is 3. The molecular weight excluding hydrogens is 300 g/mol. The Kier molecular flexibility index (Phi) is 3.56. The van der Waals surface area contributed by atoms with Gasteiger partial charge < -0.3 is 10.3 Å². The first-order valence-corrected chi connectivity index (χ1v) is 8.31. The third-order valence-electron chi connectivity index (χ3n) is 5.10. The van der Waals surface area contributed by atoms with Crippen LogP contribution in [0.3, 0.4) is 0 Å². The van der Waals surface area contributed by atoms with Gasteiger partial charge in [0.1, 0.15) is 17.8 Å². The summed E-state index contributed by atoms with van der Waals surface area (Å²) in [5.74, 6) is 1.13. The van der Waals surface area contributed by atoms with Gasteiger partial charge in [0.05, 0.1) is 5.39 Å². The summed E-state index contributed by atoms with van der Waals surface area (Å²) in [6.07, 6.45) is 6.86. The van der Waals surface area contributed by atoms with Crippen molar-refractivity contribution in [2.24, 2.45) is 0 Å². The van der Waals surface area contributed by atoms with Crippen molar-refractivity contribution in [3.05, 3.63) is 54.0 Å². The van der Waals surface area contributed by atoms with E-state index in [2.05, 4.69) is 26.8 Å². The lowest BCUT2D eigenvalue weighted by atomic mass is 9.95. The van der Waals surface area contributed by atoms with Gasteiger partial charge in [0.2, 0.25) is 0 Å². The quantitative estimate of drug-likeness (QED) is 0.746. The summed E-state index contributed by atoms with van der Waals surface area (Å²) in [5, 5.41) is 0.916. The van der Waals surface area contributed by atoms with Gasteiger partial charge in [-0.25, -0.2) is 9.97 Å². The molecule has 5 heteroatoms. The van der Waals surface area contributed by atoms with E-state index in [1.165, 1.54) is 11.9 Å². The second-order valence-corrected chi connectivity index (χ2v) is 6.56. The lowest BCUT2D eigenvalue weighted by molar-refractivity contribution is 0.101. The zero-order chi connectivity index (χ0) is 16.7. The maximum Gasteiger partial charge on any atom is 0.159 e. The zero-order valence-electron chi connectivity index (χ0n) is 13.6. The molecular formula is C19H20N4O. The third kappa shape index (κ3) is 2.46. The number of carbonyl (C=O) groups excluding carboxylic acids is 1. The number of nitrogen functional groups attached to an aromatic ring is 1. The van der Waals surface area contributed by atoms with E-state index in [9.17, 15) is 4.79 Å². The van der Waals surface area contributed by atoms with Crippen LogP contribution in [0.2, 0.25) is 0 Å². The molecule has 0 radical (unpaired) electrons. The average molecular weight is 320 g/mol. The molecule has 0 spiro atoms. The topological polar surface area (TPSA) is 73.8 Å². The molecule has 4 rings (SSSR count). The van der Waals surface area contributed by atoms with E-state index in [4.69, 9.17) is 5.73 Å². The number of hydrogen-bond acceptors (Lipinski definition) is 4. The molecule has 0 bridgehead atoms. The molecule has 0 aliphatic heterocycles. The molecule has 2 unspecified atom stereocenters. The number of benzene rings is 1. The monoisotopic (exact) mass is 320 g/mol. The Morgan fingerprint density at radius 3 is 2.96 bits per heavy atom. The van der Waals surface area contributed by atoms with Gasteiger partial charge in [0, 0.05) is 17.8 Å². The fourth-order valence-corrected chi connectivity index (χ4v) is 3.81. The Morgan fingerprint density at radius 2 is 2.12 bits per heavy atom. The van der Waals surface area contributed by atoms with Crippen molar-refractivity contribution in [2.75, 3.05) is 5.73 Å². The molecule has 2 N–H and O–H groups in total.